The number of amides is 3. The fourth-order valence-electron chi connectivity index (χ4n) is 6.29. The molecule has 0 bridgehead atoms. The number of ether oxygens (including phenoxy) is 1. The number of anilines is 4. The van der Waals surface area contributed by atoms with E-state index in [0.29, 0.717) is 58.9 Å². The summed E-state index contributed by atoms with van der Waals surface area (Å²) in [6.45, 7) is 9.45. The third kappa shape index (κ3) is 7.61. The van der Waals surface area contributed by atoms with Crippen molar-refractivity contribution in [3.63, 3.8) is 0 Å². The second-order valence-corrected chi connectivity index (χ2v) is 13.6. The van der Waals surface area contributed by atoms with E-state index in [1.165, 1.54) is 19.5 Å². The van der Waals surface area contributed by atoms with Crippen molar-refractivity contribution >= 4 is 51.5 Å². The van der Waals surface area contributed by atoms with E-state index in [0.717, 1.165) is 32.4 Å². The lowest BCUT2D eigenvalue weighted by Crippen LogP contribution is -2.59. The summed E-state index contributed by atoms with van der Waals surface area (Å²) in [5.74, 6) is -0.465. The van der Waals surface area contributed by atoms with Gasteiger partial charge in [-0.15, -0.1) is 0 Å². The Morgan fingerprint density at radius 1 is 1.02 bits per heavy atom. The molecule has 0 aliphatic carbocycles. The van der Waals surface area contributed by atoms with Gasteiger partial charge in [-0.3, -0.25) is 14.4 Å². The zero-order valence-corrected chi connectivity index (χ0v) is 28.7. The topological polar surface area (TPSA) is 141 Å². The number of halogens is 1. The normalized spacial score (nSPS) is 17.9. The summed E-state index contributed by atoms with van der Waals surface area (Å²) in [7, 11) is 3.18. The number of benzene rings is 2. The molecule has 0 spiro atoms. The molecule has 0 radical (unpaired) electrons. The minimum atomic E-state index is -0.825. The van der Waals surface area contributed by atoms with Crippen LogP contribution in [0.2, 0.25) is 0 Å². The zero-order valence-electron chi connectivity index (χ0n) is 28.7. The number of piperidine rings is 1. The van der Waals surface area contributed by atoms with Crippen LogP contribution in [0.1, 0.15) is 59.8 Å². The number of nitrogens with zero attached hydrogens (tertiary/aromatic N) is 4. The predicted molar refractivity (Wildman–Crippen MR) is 185 cm³/mol. The van der Waals surface area contributed by atoms with E-state index in [4.69, 9.17) is 4.74 Å². The molecule has 0 saturated carbocycles. The highest BCUT2D eigenvalue weighted by Gasteiger charge is 2.42. The summed E-state index contributed by atoms with van der Waals surface area (Å²) in [5.41, 5.74) is 1.46. The van der Waals surface area contributed by atoms with Gasteiger partial charge in [-0.05, 0) is 75.8 Å². The van der Waals surface area contributed by atoms with Crippen LogP contribution in [0, 0.1) is 11.2 Å². The van der Waals surface area contributed by atoms with E-state index < -0.39 is 23.5 Å². The van der Waals surface area contributed by atoms with Gasteiger partial charge in [0.15, 0.2) is 0 Å². The first-order chi connectivity index (χ1) is 22.9. The molecule has 4 N–H and O–H groups in total. The van der Waals surface area contributed by atoms with E-state index >= 15 is 4.39 Å². The molecule has 2 aliphatic heterocycles. The summed E-state index contributed by atoms with van der Waals surface area (Å²) < 4.78 is 20.8. The van der Waals surface area contributed by atoms with Crippen molar-refractivity contribution in [2.75, 3.05) is 49.3 Å². The van der Waals surface area contributed by atoms with Crippen LogP contribution in [-0.2, 0) is 14.4 Å². The second kappa shape index (κ2) is 14.7. The lowest BCUT2D eigenvalue weighted by atomic mass is 9.85. The summed E-state index contributed by atoms with van der Waals surface area (Å²) in [4.78, 5) is 52.9. The summed E-state index contributed by atoms with van der Waals surface area (Å²) in [6, 6.07) is 6.43. The molecule has 12 nitrogen and oxygen atoms in total. The Bertz CT molecular complexity index is 1660. The highest BCUT2D eigenvalue weighted by Crippen LogP contribution is 2.35. The van der Waals surface area contributed by atoms with Gasteiger partial charge >= 0.3 is 0 Å². The lowest BCUT2D eigenvalue weighted by molar-refractivity contribution is -0.143. The Morgan fingerprint density at radius 2 is 1.77 bits per heavy atom. The van der Waals surface area contributed by atoms with Gasteiger partial charge in [0.25, 0.3) is 0 Å². The molecule has 2 saturated heterocycles. The molecular formula is C35H47FN8O4. The standard InChI is InChI=1S/C35H47FN8O4/c1-21(37-5)32(45)42-30(35(2,3)4)34(47)44-16-10-11-28(44)33(46)41-26-18-23-25(19-29(26)48-6)38-20-39-31(23)40-22-12-13-27(24(36)17-22)43-14-8-7-9-15-43/h12-13,17-21,28,30,37H,7-11,14-16H2,1-6H3,(H,41,46)(H,42,45)(H,38,39,40). The van der Waals surface area contributed by atoms with E-state index in [2.05, 4.69) is 36.1 Å². The van der Waals surface area contributed by atoms with Gasteiger partial charge in [-0.25, -0.2) is 14.4 Å². The first-order valence-electron chi connectivity index (χ1n) is 16.6. The van der Waals surface area contributed by atoms with Crippen molar-refractivity contribution in [3.05, 3.63) is 42.5 Å². The summed E-state index contributed by atoms with van der Waals surface area (Å²) in [6.07, 6.45) is 5.79. The predicted octanol–water partition coefficient (Wildman–Crippen LogP) is 4.58. The average Bonchev–Trinajstić information content (AvgIpc) is 3.57. The van der Waals surface area contributed by atoms with Crippen LogP contribution in [-0.4, -0.2) is 84.5 Å². The molecule has 3 heterocycles. The molecule has 13 heteroatoms. The van der Waals surface area contributed by atoms with E-state index in [1.54, 1.807) is 37.1 Å². The smallest absolute Gasteiger partial charge is 0.247 e. The first kappa shape index (κ1) is 34.8. The molecule has 2 aliphatic rings. The van der Waals surface area contributed by atoms with E-state index in [9.17, 15) is 14.4 Å². The molecule has 2 fully saturated rings. The molecule has 1 aromatic heterocycles. The number of likely N-dealkylation sites (tertiary alicyclic amines) is 1. The van der Waals surface area contributed by atoms with Crippen molar-refractivity contribution in [2.45, 2.75) is 77.9 Å². The second-order valence-electron chi connectivity index (χ2n) is 13.6. The van der Waals surface area contributed by atoms with Gasteiger partial charge in [0, 0.05) is 36.8 Å². The van der Waals surface area contributed by atoms with Crippen molar-refractivity contribution in [3.8, 4) is 5.75 Å². The molecule has 3 aromatic rings. The maximum atomic E-state index is 15.2. The third-order valence-corrected chi connectivity index (χ3v) is 9.19. The van der Waals surface area contributed by atoms with Gasteiger partial charge in [0.1, 0.15) is 35.8 Å². The molecule has 3 atom stereocenters. The number of hydrogen-bond donors (Lipinski definition) is 4. The Kier molecular flexibility index (Phi) is 10.7. The Hall–Kier alpha value is -4.52. The van der Waals surface area contributed by atoms with Gasteiger partial charge in [-0.1, -0.05) is 20.8 Å². The molecule has 5 rings (SSSR count). The van der Waals surface area contributed by atoms with Gasteiger partial charge in [0.2, 0.25) is 17.7 Å². The Balaban J connectivity index is 1.37. The summed E-state index contributed by atoms with van der Waals surface area (Å²) >= 11 is 0. The molecule has 3 amide bonds. The molecule has 258 valence electrons. The van der Waals surface area contributed by atoms with Gasteiger partial charge < -0.3 is 35.8 Å². The number of nitrogens with one attached hydrogen (secondary N) is 4. The SMILES string of the molecule is CNC(C)C(=O)NC(C(=O)N1CCCC1C(=O)Nc1cc2c(Nc3ccc(N4CCCCC4)c(F)c3)ncnc2cc1OC)C(C)(C)C. The number of hydrogen-bond acceptors (Lipinski definition) is 9. The van der Waals surface area contributed by atoms with Crippen LogP contribution in [0.3, 0.4) is 0 Å². The number of aromatic nitrogens is 2. The van der Waals surface area contributed by atoms with Crippen molar-refractivity contribution < 1.29 is 23.5 Å². The van der Waals surface area contributed by atoms with E-state index in [-0.39, 0.29) is 23.5 Å². The number of carbonyl (C=O) groups is 3. The highest BCUT2D eigenvalue weighted by molar-refractivity contribution is 6.03. The molecule has 48 heavy (non-hydrogen) atoms. The monoisotopic (exact) mass is 662 g/mol. The van der Waals surface area contributed by atoms with E-state index in [1.807, 2.05) is 26.8 Å². The quantitative estimate of drug-likeness (QED) is 0.246. The fourth-order valence-corrected chi connectivity index (χ4v) is 6.29. The number of rotatable bonds is 10. The number of fused-ring (bicyclic) bond motifs is 1. The number of methoxy groups -OCH3 is 1. The highest BCUT2D eigenvalue weighted by atomic mass is 19.1. The Labute approximate surface area is 281 Å². The Morgan fingerprint density at radius 3 is 2.44 bits per heavy atom. The van der Waals surface area contributed by atoms with Crippen LogP contribution in [0.5, 0.6) is 5.75 Å². The molecular weight excluding hydrogens is 615 g/mol. The summed E-state index contributed by atoms with van der Waals surface area (Å²) in [5, 5.41) is 12.6. The number of likely N-dealkylation sites (N-methyl/N-ethyl adjacent to an activating group) is 1. The minimum Gasteiger partial charge on any atom is -0.494 e. The fraction of sp³-hybridized carbons (Fsp3) is 0.514. The van der Waals surface area contributed by atoms with Crippen LogP contribution in [0.15, 0.2) is 36.7 Å². The van der Waals surface area contributed by atoms with Crippen LogP contribution in [0.25, 0.3) is 10.9 Å². The first-order valence-corrected chi connectivity index (χ1v) is 16.6. The van der Waals surface area contributed by atoms with Gasteiger partial charge in [-0.2, -0.15) is 0 Å². The van der Waals surface area contributed by atoms with Crippen LogP contribution in [0.4, 0.5) is 27.3 Å². The third-order valence-electron chi connectivity index (χ3n) is 9.19. The molecule has 2 aromatic carbocycles. The van der Waals surface area contributed by atoms with Crippen molar-refractivity contribution in [1.82, 2.24) is 25.5 Å². The van der Waals surface area contributed by atoms with Crippen molar-refractivity contribution in [1.29, 1.82) is 0 Å². The lowest BCUT2D eigenvalue weighted by Gasteiger charge is -2.36. The number of carbonyl (C=O) groups excluding carboxylic acids is 3. The average molecular weight is 663 g/mol. The van der Waals surface area contributed by atoms with Crippen molar-refractivity contribution in [2.24, 2.45) is 5.41 Å². The largest absolute Gasteiger partial charge is 0.494 e. The molecule has 3 unspecified atom stereocenters. The van der Waals surface area contributed by atoms with Gasteiger partial charge in [0.05, 0.1) is 30.0 Å². The van der Waals surface area contributed by atoms with Crippen LogP contribution >= 0.6 is 0 Å². The maximum Gasteiger partial charge on any atom is 0.247 e. The maximum absolute atomic E-state index is 15.2. The minimum absolute atomic E-state index is 0.292. The zero-order chi connectivity index (χ0) is 34.6. The van der Waals surface area contributed by atoms with Crippen LogP contribution < -0.4 is 30.9 Å².